The molecule has 0 spiro atoms. The number of alkyl halides is 1. The molecule has 5 atom stereocenters. The first-order valence-corrected chi connectivity index (χ1v) is 10.0. The highest BCUT2D eigenvalue weighted by molar-refractivity contribution is 6.20. The number of nitrogens with zero attached hydrogens (tertiary/aromatic N) is 1. The van der Waals surface area contributed by atoms with Crippen LogP contribution in [-0.2, 0) is 0 Å². The van der Waals surface area contributed by atoms with Gasteiger partial charge in [-0.1, -0.05) is 6.92 Å². The fourth-order valence-corrected chi connectivity index (χ4v) is 4.66. The molecule has 1 aliphatic heterocycles. The van der Waals surface area contributed by atoms with E-state index in [-0.39, 0.29) is 6.61 Å². The molecule has 23 heavy (non-hydrogen) atoms. The minimum Gasteiger partial charge on any atom is -0.395 e. The Hall–Kier alpha value is 0.130. The summed E-state index contributed by atoms with van der Waals surface area (Å²) in [5, 5.41) is 17.0. The summed E-state index contributed by atoms with van der Waals surface area (Å²) in [7, 11) is 0. The topological polar surface area (TPSA) is 47.5 Å². The first-order chi connectivity index (χ1) is 11.1. The number of halogens is 1. The van der Waals surface area contributed by atoms with E-state index in [9.17, 15) is 0 Å². The molecule has 1 aliphatic carbocycles. The van der Waals surface area contributed by atoms with Gasteiger partial charge in [0.25, 0.3) is 0 Å². The zero-order valence-corrected chi connectivity index (χ0v) is 15.7. The van der Waals surface area contributed by atoms with Gasteiger partial charge in [-0.15, -0.1) is 11.6 Å². The van der Waals surface area contributed by atoms with Crippen molar-refractivity contribution in [2.45, 2.75) is 75.9 Å². The third kappa shape index (κ3) is 6.17. The van der Waals surface area contributed by atoms with Gasteiger partial charge in [-0.3, -0.25) is 0 Å². The van der Waals surface area contributed by atoms with Crippen molar-refractivity contribution in [3.63, 3.8) is 0 Å². The van der Waals surface area contributed by atoms with E-state index in [4.69, 9.17) is 16.7 Å². The molecule has 1 saturated heterocycles. The standard InChI is InChI=1S/C18H36ClN3O/c1-3-22(11-12-23)10-4-5-14(2)21-17-8-9-20-18-13-15(19)6-7-16(17)18/h14-18,20-21,23H,3-13H2,1-2H3. The molecular weight excluding hydrogens is 310 g/mol. The lowest BCUT2D eigenvalue weighted by Crippen LogP contribution is -2.57. The fourth-order valence-electron chi connectivity index (χ4n) is 4.34. The van der Waals surface area contributed by atoms with E-state index >= 15 is 0 Å². The molecule has 3 N–H and O–H groups in total. The third-order valence-corrected chi connectivity index (χ3v) is 6.09. The summed E-state index contributed by atoms with van der Waals surface area (Å²) in [6.07, 6.45) is 7.21. The smallest absolute Gasteiger partial charge is 0.0558 e. The first kappa shape index (κ1) is 19.5. The van der Waals surface area contributed by atoms with Gasteiger partial charge in [0.2, 0.25) is 0 Å². The average molecular weight is 346 g/mol. The molecule has 0 radical (unpaired) electrons. The molecule has 5 unspecified atom stereocenters. The molecule has 1 heterocycles. The maximum Gasteiger partial charge on any atom is 0.0558 e. The van der Waals surface area contributed by atoms with E-state index in [1.54, 1.807) is 0 Å². The second-order valence-corrected chi connectivity index (χ2v) is 8.01. The van der Waals surface area contributed by atoms with Gasteiger partial charge in [0.15, 0.2) is 0 Å². The highest BCUT2D eigenvalue weighted by atomic mass is 35.5. The number of aliphatic hydroxyl groups excluding tert-OH is 1. The van der Waals surface area contributed by atoms with Gasteiger partial charge in [0, 0.05) is 30.0 Å². The highest BCUT2D eigenvalue weighted by Gasteiger charge is 2.37. The summed E-state index contributed by atoms with van der Waals surface area (Å²) >= 11 is 6.34. The molecule has 0 aromatic heterocycles. The Labute approximate surface area is 147 Å². The van der Waals surface area contributed by atoms with Crippen LogP contribution >= 0.6 is 11.6 Å². The predicted molar refractivity (Wildman–Crippen MR) is 98.2 cm³/mol. The summed E-state index contributed by atoms with van der Waals surface area (Å²) in [6, 6.07) is 1.84. The van der Waals surface area contributed by atoms with Crippen LogP contribution in [0, 0.1) is 5.92 Å². The number of fused-ring (bicyclic) bond motifs is 1. The molecular formula is C18H36ClN3O. The number of aliphatic hydroxyl groups is 1. The Balaban J connectivity index is 1.70. The molecule has 5 heteroatoms. The van der Waals surface area contributed by atoms with Gasteiger partial charge in [0.1, 0.15) is 0 Å². The van der Waals surface area contributed by atoms with Gasteiger partial charge in [-0.05, 0) is 71.0 Å². The fraction of sp³-hybridized carbons (Fsp3) is 1.00. The number of hydrogen-bond donors (Lipinski definition) is 3. The zero-order valence-electron chi connectivity index (χ0n) is 14.9. The van der Waals surface area contributed by atoms with Gasteiger partial charge in [-0.25, -0.2) is 0 Å². The van der Waals surface area contributed by atoms with Crippen LogP contribution in [-0.4, -0.2) is 66.3 Å². The lowest BCUT2D eigenvalue weighted by atomic mass is 9.76. The van der Waals surface area contributed by atoms with Gasteiger partial charge in [0.05, 0.1) is 6.61 Å². The normalized spacial score (nSPS) is 32.7. The van der Waals surface area contributed by atoms with Crippen LogP contribution in [0.15, 0.2) is 0 Å². The van der Waals surface area contributed by atoms with E-state index in [2.05, 4.69) is 29.4 Å². The molecule has 0 amide bonds. The highest BCUT2D eigenvalue weighted by Crippen LogP contribution is 2.33. The second kappa shape index (κ2) is 10.2. The summed E-state index contributed by atoms with van der Waals surface area (Å²) in [4.78, 5) is 2.33. The number of hydrogen-bond acceptors (Lipinski definition) is 4. The van der Waals surface area contributed by atoms with Crippen LogP contribution in [0.25, 0.3) is 0 Å². The summed E-state index contributed by atoms with van der Waals surface area (Å²) in [6.45, 7) is 8.80. The van der Waals surface area contributed by atoms with E-state index in [0.717, 1.165) is 38.5 Å². The SMILES string of the molecule is CCN(CCO)CCCC(C)NC1CCNC2CC(Cl)CCC21. The number of likely N-dealkylation sites (N-methyl/N-ethyl adjacent to an activating group) is 1. The predicted octanol–water partition coefficient (Wildman–Crippen LogP) is 2.20. The lowest BCUT2D eigenvalue weighted by Gasteiger charge is -2.44. The number of piperidine rings is 1. The summed E-state index contributed by atoms with van der Waals surface area (Å²) in [5.41, 5.74) is 0. The van der Waals surface area contributed by atoms with Gasteiger partial charge >= 0.3 is 0 Å². The second-order valence-electron chi connectivity index (χ2n) is 7.40. The van der Waals surface area contributed by atoms with Crippen LogP contribution in [0.5, 0.6) is 0 Å². The first-order valence-electron chi connectivity index (χ1n) is 9.60. The molecule has 2 aliphatic rings. The van der Waals surface area contributed by atoms with Crippen molar-refractivity contribution >= 4 is 11.6 Å². The molecule has 2 rings (SSSR count). The van der Waals surface area contributed by atoms with Crippen LogP contribution in [0.2, 0.25) is 0 Å². The Morgan fingerprint density at radius 2 is 2.13 bits per heavy atom. The average Bonchev–Trinajstić information content (AvgIpc) is 2.54. The van der Waals surface area contributed by atoms with Crippen LogP contribution < -0.4 is 10.6 Å². The van der Waals surface area contributed by atoms with Crippen molar-refractivity contribution in [1.82, 2.24) is 15.5 Å². The summed E-state index contributed by atoms with van der Waals surface area (Å²) in [5.74, 6) is 0.753. The quantitative estimate of drug-likeness (QED) is 0.561. The molecule has 1 saturated carbocycles. The Morgan fingerprint density at radius 1 is 1.30 bits per heavy atom. The maximum atomic E-state index is 9.05. The Morgan fingerprint density at radius 3 is 2.87 bits per heavy atom. The van der Waals surface area contributed by atoms with Crippen molar-refractivity contribution in [2.24, 2.45) is 5.92 Å². The van der Waals surface area contributed by atoms with Crippen LogP contribution in [0.4, 0.5) is 0 Å². The maximum absolute atomic E-state index is 9.05. The summed E-state index contributed by atoms with van der Waals surface area (Å²) < 4.78 is 0. The zero-order chi connectivity index (χ0) is 16.7. The molecule has 0 bridgehead atoms. The molecule has 4 nitrogen and oxygen atoms in total. The van der Waals surface area contributed by atoms with E-state index in [1.165, 1.54) is 32.1 Å². The Kier molecular flexibility index (Phi) is 8.62. The molecule has 0 aromatic rings. The van der Waals surface area contributed by atoms with Crippen molar-refractivity contribution in [2.75, 3.05) is 32.8 Å². The number of rotatable bonds is 9. The largest absolute Gasteiger partial charge is 0.395 e. The monoisotopic (exact) mass is 345 g/mol. The van der Waals surface area contributed by atoms with E-state index in [1.807, 2.05) is 0 Å². The number of nitrogens with one attached hydrogen (secondary N) is 2. The van der Waals surface area contributed by atoms with Crippen molar-refractivity contribution in [3.05, 3.63) is 0 Å². The van der Waals surface area contributed by atoms with Gasteiger partial charge in [-0.2, -0.15) is 0 Å². The lowest BCUT2D eigenvalue weighted by molar-refractivity contribution is 0.152. The van der Waals surface area contributed by atoms with E-state index < -0.39 is 0 Å². The molecule has 0 aromatic carbocycles. The Bertz CT molecular complexity index is 331. The van der Waals surface area contributed by atoms with Crippen molar-refractivity contribution in [1.29, 1.82) is 0 Å². The third-order valence-electron chi connectivity index (χ3n) is 5.69. The molecule has 136 valence electrons. The van der Waals surface area contributed by atoms with Crippen molar-refractivity contribution < 1.29 is 5.11 Å². The van der Waals surface area contributed by atoms with Crippen molar-refractivity contribution in [3.8, 4) is 0 Å². The van der Waals surface area contributed by atoms with E-state index in [0.29, 0.717) is 23.5 Å². The van der Waals surface area contributed by atoms with Crippen LogP contribution in [0.1, 0.15) is 52.4 Å². The van der Waals surface area contributed by atoms with Crippen LogP contribution in [0.3, 0.4) is 0 Å². The molecule has 2 fully saturated rings. The minimum absolute atomic E-state index is 0.265. The minimum atomic E-state index is 0.265. The van der Waals surface area contributed by atoms with Gasteiger partial charge < -0.3 is 20.6 Å².